The maximum atomic E-state index is 11.0. The Labute approximate surface area is 82.2 Å². The number of rotatable bonds is 2. The number of benzene rings is 1. The van der Waals surface area contributed by atoms with Gasteiger partial charge in [0.2, 0.25) is 5.91 Å². The Kier molecular flexibility index (Phi) is 3.09. The first-order chi connectivity index (χ1) is 6.13. The van der Waals surface area contributed by atoms with Crippen LogP contribution in [0, 0.1) is 6.92 Å². The highest BCUT2D eigenvalue weighted by Crippen LogP contribution is 2.19. The second kappa shape index (κ2) is 4.10. The van der Waals surface area contributed by atoms with Crippen molar-refractivity contribution in [2.75, 3.05) is 5.32 Å². The van der Waals surface area contributed by atoms with Gasteiger partial charge in [0.05, 0.1) is 0 Å². The Hall–Kier alpha value is -1.28. The van der Waals surface area contributed by atoms with Gasteiger partial charge in [-0.1, -0.05) is 24.2 Å². The van der Waals surface area contributed by atoms with Crippen LogP contribution in [0.5, 0.6) is 0 Å². The van der Waals surface area contributed by atoms with E-state index in [1.807, 2.05) is 13.0 Å². The van der Waals surface area contributed by atoms with E-state index in [4.69, 9.17) is 11.6 Å². The summed E-state index contributed by atoms with van der Waals surface area (Å²) in [6, 6.07) is 5.33. The summed E-state index contributed by atoms with van der Waals surface area (Å²) < 4.78 is 0. The number of anilines is 1. The molecule has 1 amide bonds. The van der Waals surface area contributed by atoms with Crippen LogP contribution in [0.25, 0.3) is 0 Å². The Morgan fingerprint density at radius 1 is 1.62 bits per heavy atom. The molecule has 1 aromatic carbocycles. The monoisotopic (exact) mass is 195 g/mol. The molecule has 68 valence electrons. The molecule has 0 saturated carbocycles. The van der Waals surface area contributed by atoms with E-state index >= 15 is 0 Å². The van der Waals surface area contributed by atoms with Crippen LogP contribution in [0.2, 0.25) is 5.02 Å². The smallest absolute Gasteiger partial charge is 0.247 e. The number of hydrogen-bond acceptors (Lipinski definition) is 1. The zero-order valence-corrected chi connectivity index (χ0v) is 8.06. The van der Waals surface area contributed by atoms with Gasteiger partial charge in [-0.3, -0.25) is 4.79 Å². The molecule has 1 aromatic rings. The topological polar surface area (TPSA) is 29.1 Å². The lowest BCUT2D eigenvalue weighted by Gasteiger charge is -2.05. The van der Waals surface area contributed by atoms with E-state index in [1.54, 1.807) is 12.1 Å². The van der Waals surface area contributed by atoms with E-state index in [1.165, 1.54) is 6.08 Å². The molecule has 0 unspecified atom stereocenters. The summed E-state index contributed by atoms with van der Waals surface area (Å²) in [5.74, 6) is -0.231. The first kappa shape index (κ1) is 9.81. The second-order valence-corrected chi connectivity index (χ2v) is 3.09. The highest BCUT2D eigenvalue weighted by atomic mass is 35.5. The van der Waals surface area contributed by atoms with Gasteiger partial charge >= 0.3 is 0 Å². The van der Waals surface area contributed by atoms with E-state index in [-0.39, 0.29) is 5.91 Å². The largest absolute Gasteiger partial charge is 0.322 e. The fourth-order valence-electron chi connectivity index (χ4n) is 0.913. The van der Waals surface area contributed by atoms with Crippen molar-refractivity contribution < 1.29 is 4.79 Å². The summed E-state index contributed by atoms with van der Waals surface area (Å²) in [6.07, 6.45) is 1.22. The number of carbonyl (C=O) groups excluding carboxylic acids is 1. The van der Waals surface area contributed by atoms with Gasteiger partial charge in [-0.2, -0.15) is 0 Å². The van der Waals surface area contributed by atoms with Crippen LogP contribution < -0.4 is 5.32 Å². The fraction of sp³-hybridized carbons (Fsp3) is 0.100. The number of hydrogen-bond donors (Lipinski definition) is 1. The average molecular weight is 196 g/mol. The highest BCUT2D eigenvalue weighted by molar-refractivity contribution is 6.31. The number of halogens is 1. The molecule has 0 aromatic heterocycles. The Balaban J connectivity index is 2.93. The van der Waals surface area contributed by atoms with Gasteiger partial charge in [0.1, 0.15) is 0 Å². The summed E-state index contributed by atoms with van der Waals surface area (Å²) in [6.45, 7) is 5.26. The lowest BCUT2D eigenvalue weighted by molar-refractivity contribution is -0.111. The Morgan fingerprint density at radius 2 is 2.31 bits per heavy atom. The third kappa shape index (κ3) is 2.60. The molecule has 0 aliphatic rings. The standard InChI is InChI=1S/C10H10ClNO/c1-3-10(13)12-9-6-8(11)5-4-7(9)2/h3-6H,1H2,2H3,(H,12,13). The summed E-state index contributed by atoms with van der Waals surface area (Å²) in [4.78, 5) is 11.0. The fourth-order valence-corrected chi connectivity index (χ4v) is 1.08. The molecule has 0 heterocycles. The molecule has 0 fully saturated rings. The van der Waals surface area contributed by atoms with E-state index in [2.05, 4.69) is 11.9 Å². The normalized spacial score (nSPS) is 9.38. The van der Waals surface area contributed by atoms with Crippen molar-refractivity contribution in [2.45, 2.75) is 6.92 Å². The third-order valence-corrected chi connectivity index (χ3v) is 1.88. The molecule has 0 atom stereocenters. The van der Waals surface area contributed by atoms with Crippen molar-refractivity contribution in [3.05, 3.63) is 41.4 Å². The van der Waals surface area contributed by atoms with Crippen molar-refractivity contribution >= 4 is 23.2 Å². The number of nitrogens with one attached hydrogen (secondary N) is 1. The van der Waals surface area contributed by atoms with Crippen molar-refractivity contribution in [2.24, 2.45) is 0 Å². The van der Waals surface area contributed by atoms with E-state index < -0.39 is 0 Å². The highest BCUT2D eigenvalue weighted by Gasteiger charge is 2.01. The summed E-state index contributed by atoms with van der Waals surface area (Å²) in [5.41, 5.74) is 1.69. The number of carbonyl (C=O) groups is 1. The van der Waals surface area contributed by atoms with Crippen molar-refractivity contribution in [3.8, 4) is 0 Å². The van der Waals surface area contributed by atoms with Crippen LogP contribution in [-0.2, 0) is 4.79 Å². The molecule has 1 rings (SSSR count). The minimum Gasteiger partial charge on any atom is -0.322 e. The van der Waals surface area contributed by atoms with Gasteiger partial charge in [-0.25, -0.2) is 0 Å². The van der Waals surface area contributed by atoms with E-state index in [9.17, 15) is 4.79 Å². The molecule has 0 spiro atoms. The molecule has 0 radical (unpaired) electrons. The predicted molar refractivity (Wildman–Crippen MR) is 55.0 cm³/mol. The zero-order valence-electron chi connectivity index (χ0n) is 7.30. The van der Waals surface area contributed by atoms with Gasteiger partial charge in [-0.05, 0) is 30.7 Å². The maximum Gasteiger partial charge on any atom is 0.247 e. The van der Waals surface area contributed by atoms with Gasteiger partial charge < -0.3 is 5.32 Å². The van der Waals surface area contributed by atoms with Crippen LogP contribution in [0.4, 0.5) is 5.69 Å². The second-order valence-electron chi connectivity index (χ2n) is 2.65. The molecule has 0 aliphatic heterocycles. The quantitative estimate of drug-likeness (QED) is 0.723. The van der Waals surface area contributed by atoms with Crippen molar-refractivity contribution in [3.63, 3.8) is 0 Å². The molecular weight excluding hydrogens is 186 g/mol. The SMILES string of the molecule is C=CC(=O)Nc1cc(Cl)ccc1C. The van der Waals surface area contributed by atoms with Crippen LogP contribution in [0.15, 0.2) is 30.9 Å². The third-order valence-electron chi connectivity index (χ3n) is 1.64. The Morgan fingerprint density at radius 3 is 2.92 bits per heavy atom. The molecular formula is C10H10ClNO. The van der Waals surface area contributed by atoms with Gasteiger partial charge in [0.25, 0.3) is 0 Å². The minimum absolute atomic E-state index is 0.231. The van der Waals surface area contributed by atoms with Gasteiger partial charge in [-0.15, -0.1) is 0 Å². The van der Waals surface area contributed by atoms with Gasteiger partial charge in [0, 0.05) is 10.7 Å². The average Bonchev–Trinajstić information content (AvgIpc) is 2.11. The van der Waals surface area contributed by atoms with E-state index in [0.717, 1.165) is 11.3 Å². The Bertz CT molecular complexity index is 347. The van der Waals surface area contributed by atoms with Crippen LogP contribution >= 0.6 is 11.6 Å². The molecule has 3 heteroatoms. The summed E-state index contributed by atoms with van der Waals surface area (Å²) in [7, 11) is 0. The summed E-state index contributed by atoms with van der Waals surface area (Å²) in [5, 5.41) is 3.26. The minimum atomic E-state index is -0.231. The van der Waals surface area contributed by atoms with Crippen molar-refractivity contribution in [1.82, 2.24) is 0 Å². The zero-order chi connectivity index (χ0) is 9.84. The molecule has 0 aliphatic carbocycles. The van der Waals surface area contributed by atoms with Gasteiger partial charge in [0.15, 0.2) is 0 Å². The first-order valence-electron chi connectivity index (χ1n) is 3.83. The molecule has 0 bridgehead atoms. The number of amides is 1. The maximum absolute atomic E-state index is 11.0. The van der Waals surface area contributed by atoms with Crippen LogP contribution in [0.1, 0.15) is 5.56 Å². The lowest BCUT2D eigenvalue weighted by atomic mass is 10.2. The lowest BCUT2D eigenvalue weighted by Crippen LogP contribution is -2.08. The number of aryl methyl sites for hydroxylation is 1. The predicted octanol–water partition coefficient (Wildman–Crippen LogP) is 2.77. The van der Waals surface area contributed by atoms with Crippen molar-refractivity contribution in [1.29, 1.82) is 0 Å². The molecule has 2 nitrogen and oxygen atoms in total. The van der Waals surface area contributed by atoms with E-state index in [0.29, 0.717) is 5.02 Å². The summed E-state index contributed by atoms with van der Waals surface area (Å²) >= 11 is 5.77. The van der Waals surface area contributed by atoms with Crippen LogP contribution in [0.3, 0.4) is 0 Å². The molecule has 13 heavy (non-hydrogen) atoms. The van der Waals surface area contributed by atoms with Crippen LogP contribution in [-0.4, -0.2) is 5.91 Å². The molecule has 1 N–H and O–H groups in total. The molecule has 0 saturated heterocycles. The first-order valence-corrected chi connectivity index (χ1v) is 4.21.